The van der Waals surface area contributed by atoms with Crippen LogP contribution in [0.3, 0.4) is 0 Å². The average Bonchev–Trinajstić information content (AvgIpc) is 0.854. The summed E-state index contributed by atoms with van der Waals surface area (Å²) in [4.78, 5) is 13.4. The van der Waals surface area contributed by atoms with Crippen LogP contribution < -0.4 is 5.32 Å². The van der Waals surface area contributed by atoms with Gasteiger partial charge in [-0.3, -0.25) is 4.79 Å². The molecule has 0 aromatic rings. The van der Waals surface area contributed by atoms with Gasteiger partial charge in [-0.05, 0) is 70.6 Å². The molecule has 2 aliphatic heterocycles. The van der Waals surface area contributed by atoms with Crippen LogP contribution in [0.4, 0.5) is 0 Å². The van der Waals surface area contributed by atoms with E-state index in [1.165, 1.54) is 263 Å². The van der Waals surface area contributed by atoms with Crippen molar-refractivity contribution in [3.8, 4) is 0 Å². The number of hydrogen-bond donors (Lipinski definition) is 9. The van der Waals surface area contributed by atoms with Crippen LogP contribution >= 0.6 is 0 Å². The lowest BCUT2D eigenvalue weighted by atomic mass is 9.97. The van der Waals surface area contributed by atoms with Gasteiger partial charge in [0.15, 0.2) is 12.6 Å². The van der Waals surface area contributed by atoms with Gasteiger partial charge in [0.25, 0.3) is 0 Å². The number of unbranched alkanes of at least 4 members (excludes halogenated alkanes) is 44. The van der Waals surface area contributed by atoms with Crippen molar-refractivity contribution in [1.29, 1.82) is 0 Å². The molecule has 2 saturated heterocycles. The van der Waals surface area contributed by atoms with Crippen LogP contribution in [0.5, 0.6) is 0 Å². The fourth-order valence-electron chi connectivity index (χ4n) is 12.7. The number of carbonyl (C=O) groups is 1. The fraction of sp³-hybridized carbons (Fsp3) is 0.861. The summed E-state index contributed by atoms with van der Waals surface area (Å²) in [6, 6.07) is -0.937. The van der Waals surface area contributed by atoms with E-state index in [1.54, 1.807) is 6.08 Å². The predicted molar refractivity (Wildman–Crippen MR) is 383 cm³/mol. The third-order valence-electron chi connectivity index (χ3n) is 18.9. The molecule has 9 N–H and O–H groups in total. The summed E-state index contributed by atoms with van der Waals surface area (Å²) in [5, 5.41) is 87.6. The van der Waals surface area contributed by atoms with Crippen LogP contribution in [-0.2, 0) is 23.7 Å². The molecule has 0 spiro atoms. The SMILES string of the molecule is CCCCCCC/C=C\C/C=C\C/C=C\CCCCCCCCCCCCCCC(=O)NC(COC1OC(CO)C(OC2OC(CO)C(O)C(O)C2O)C(O)C1O)C(O)/C=C/CC/C=C/CCCCCCCCCCCCCCCCCCCCCCCCCCCC. The fourth-order valence-corrected chi connectivity index (χ4v) is 12.7. The Labute approximate surface area is 568 Å². The van der Waals surface area contributed by atoms with Gasteiger partial charge >= 0.3 is 0 Å². The number of allylic oxidation sites excluding steroid dienone is 9. The molecule has 93 heavy (non-hydrogen) atoms. The quantitative estimate of drug-likeness (QED) is 0.0204. The van der Waals surface area contributed by atoms with Gasteiger partial charge in [0.05, 0.1) is 32.0 Å². The van der Waals surface area contributed by atoms with E-state index in [9.17, 15) is 45.6 Å². The standard InChI is InChI=1S/C79H145NO13/c1-3-5-7-9-11-13-15-17-19-21-23-25-27-29-31-32-33-34-35-37-38-40-42-44-46-48-50-52-54-56-58-60-62-68(83)67(66-90-78-76(89)74(87)77(70(65-82)92-78)93-79-75(88)73(86)72(85)69(64-81)91-79)80-71(84)63-61-59-57-55-53-51-49-47-45-43-41-39-36-30-28-26-24-22-20-18-16-14-12-10-8-6-4-2/h16,18,22,24,28,30,52,54,60,62,67-70,72-79,81-83,85-89H,3-15,17,19-21,23,25-27,29,31-51,53,55-59,61,63-66H2,1-2H3,(H,80,84)/b18-16-,24-22-,30-28-,54-52+,62-60+. The molecular weight excluding hydrogens is 1170 g/mol. The molecule has 2 fully saturated rings. The van der Waals surface area contributed by atoms with Crippen LogP contribution in [0.1, 0.15) is 341 Å². The molecule has 2 aliphatic rings. The van der Waals surface area contributed by atoms with Gasteiger partial charge in [-0.2, -0.15) is 0 Å². The van der Waals surface area contributed by atoms with E-state index in [2.05, 4.69) is 67.8 Å². The molecule has 0 saturated carbocycles. The van der Waals surface area contributed by atoms with Crippen molar-refractivity contribution in [3.63, 3.8) is 0 Å². The van der Waals surface area contributed by atoms with Crippen molar-refractivity contribution >= 4 is 5.91 Å². The Bertz CT molecular complexity index is 1790. The lowest BCUT2D eigenvalue weighted by molar-refractivity contribution is -0.359. The topological polar surface area (TPSA) is 228 Å². The Morgan fingerprint density at radius 2 is 0.720 bits per heavy atom. The summed E-state index contributed by atoms with van der Waals surface area (Å²) in [6.45, 7) is 2.82. The molecule has 0 aliphatic carbocycles. The van der Waals surface area contributed by atoms with E-state index in [1.807, 2.05) is 6.08 Å². The number of carbonyl (C=O) groups excluding carboxylic acids is 1. The lowest BCUT2D eigenvalue weighted by Crippen LogP contribution is -2.65. The number of hydrogen-bond acceptors (Lipinski definition) is 13. The van der Waals surface area contributed by atoms with Crippen molar-refractivity contribution < 1.29 is 64.6 Å². The Morgan fingerprint density at radius 3 is 1.13 bits per heavy atom. The van der Waals surface area contributed by atoms with Crippen LogP contribution in [0.25, 0.3) is 0 Å². The zero-order valence-electron chi connectivity index (χ0n) is 59.5. The van der Waals surface area contributed by atoms with Crippen molar-refractivity contribution in [1.82, 2.24) is 5.32 Å². The van der Waals surface area contributed by atoms with Gasteiger partial charge in [0, 0.05) is 6.42 Å². The summed E-state index contributed by atoms with van der Waals surface area (Å²) < 4.78 is 22.9. The molecule has 12 atom stereocenters. The minimum absolute atomic E-state index is 0.248. The molecule has 0 aromatic heterocycles. The second-order valence-electron chi connectivity index (χ2n) is 27.5. The van der Waals surface area contributed by atoms with Crippen LogP contribution in [0.15, 0.2) is 60.8 Å². The minimum Gasteiger partial charge on any atom is -0.394 e. The molecule has 0 radical (unpaired) electrons. The molecular formula is C79H145NO13. The van der Waals surface area contributed by atoms with E-state index < -0.39 is 86.8 Å². The van der Waals surface area contributed by atoms with Crippen molar-refractivity contribution in [2.75, 3.05) is 19.8 Å². The van der Waals surface area contributed by atoms with Gasteiger partial charge in [-0.1, -0.05) is 325 Å². The molecule has 2 rings (SSSR count). The molecule has 0 aromatic carbocycles. The second kappa shape index (κ2) is 63.2. The first kappa shape index (κ1) is 86.8. The van der Waals surface area contributed by atoms with Gasteiger partial charge in [-0.25, -0.2) is 0 Å². The van der Waals surface area contributed by atoms with Crippen LogP contribution in [0.2, 0.25) is 0 Å². The van der Waals surface area contributed by atoms with Crippen LogP contribution in [0, 0.1) is 0 Å². The molecule has 0 bridgehead atoms. The number of aliphatic hydroxyl groups is 8. The average molecular weight is 1320 g/mol. The molecule has 12 unspecified atom stereocenters. The van der Waals surface area contributed by atoms with Crippen LogP contribution in [-0.4, -0.2) is 140 Å². The summed E-state index contributed by atoms with van der Waals surface area (Å²) in [5.74, 6) is -0.248. The smallest absolute Gasteiger partial charge is 0.220 e. The monoisotopic (exact) mass is 1320 g/mol. The lowest BCUT2D eigenvalue weighted by Gasteiger charge is -2.46. The largest absolute Gasteiger partial charge is 0.394 e. The van der Waals surface area contributed by atoms with Crippen molar-refractivity contribution in [2.24, 2.45) is 0 Å². The maximum Gasteiger partial charge on any atom is 0.220 e. The maximum absolute atomic E-state index is 13.4. The second-order valence-corrected chi connectivity index (χ2v) is 27.5. The highest BCUT2D eigenvalue weighted by Crippen LogP contribution is 2.30. The van der Waals surface area contributed by atoms with Gasteiger partial charge in [-0.15, -0.1) is 0 Å². The first-order chi connectivity index (χ1) is 45.6. The van der Waals surface area contributed by atoms with E-state index in [-0.39, 0.29) is 18.9 Å². The molecule has 14 nitrogen and oxygen atoms in total. The van der Waals surface area contributed by atoms with Crippen molar-refractivity contribution in [2.45, 2.75) is 415 Å². The first-order valence-corrected chi connectivity index (χ1v) is 39.0. The normalized spacial score (nSPS) is 22.9. The third-order valence-corrected chi connectivity index (χ3v) is 18.9. The van der Waals surface area contributed by atoms with E-state index in [4.69, 9.17) is 18.9 Å². The predicted octanol–water partition coefficient (Wildman–Crippen LogP) is 17.2. The van der Waals surface area contributed by atoms with Gasteiger partial charge in [0.2, 0.25) is 5.91 Å². The summed E-state index contributed by atoms with van der Waals surface area (Å²) >= 11 is 0. The summed E-state index contributed by atoms with van der Waals surface area (Å²) in [6.07, 6.45) is 68.7. The van der Waals surface area contributed by atoms with E-state index in [0.717, 1.165) is 44.9 Å². The van der Waals surface area contributed by atoms with Crippen molar-refractivity contribution in [3.05, 3.63) is 60.8 Å². The summed E-state index contributed by atoms with van der Waals surface area (Å²) in [5.41, 5.74) is 0. The molecule has 1 amide bonds. The highest BCUT2D eigenvalue weighted by atomic mass is 16.7. The summed E-state index contributed by atoms with van der Waals surface area (Å²) in [7, 11) is 0. The zero-order valence-corrected chi connectivity index (χ0v) is 59.5. The van der Waals surface area contributed by atoms with Gasteiger partial charge < -0.3 is 65.1 Å². The molecule has 544 valence electrons. The first-order valence-electron chi connectivity index (χ1n) is 39.0. The Hall–Kier alpha value is -2.31. The Morgan fingerprint density at radius 1 is 0.387 bits per heavy atom. The number of ether oxygens (including phenoxy) is 4. The van der Waals surface area contributed by atoms with E-state index in [0.29, 0.717) is 12.8 Å². The highest BCUT2D eigenvalue weighted by Gasteiger charge is 2.51. The van der Waals surface area contributed by atoms with E-state index >= 15 is 0 Å². The number of nitrogens with one attached hydrogen (secondary N) is 1. The minimum atomic E-state index is -1.79. The maximum atomic E-state index is 13.4. The third kappa shape index (κ3) is 46.6. The Balaban J connectivity index is 1.65. The number of rotatable bonds is 65. The molecule has 2 heterocycles. The molecule has 14 heteroatoms. The highest BCUT2D eigenvalue weighted by molar-refractivity contribution is 5.76. The number of amides is 1. The number of aliphatic hydroxyl groups excluding tert-OH is 8. The zero-order chi connectivity index (χ0) is 67.3. The Kier molecular flexibility index (Phi) is 58.9. The van der Waals surface area contributed by atoms with Gasteiger partial charge in [0.1, 0.15) is 48.8 Å².